The minimum atomic E-state index is -0.443. The van der Waals surface area contributed by atoms with E-state index in [4.69, 9.17) is 5.73 Å². The number of carbonyl (C=O) groups excluding carboxylic acids is 2. The van der Waals surface area contributed by atoms with Gasteiger partial charge in [0.05, 0.1) is 11.4 Å². The average molecular weight is 279 g/mol. The summed E-state index contributed by atoms with van der Waals surface area (Å²) in [7, 11) is 0. The van der Waals surface area contributed by atoms with Crippen molar-refractivity contribution in [2.45, 2.75) is 39.2 Å². The molecular formula is C13H21N5O2. The lowest BCUT2D eigenvalue weighted by molar-refractivity contribution is -0.127. The lowest BCUT2D eigenvalue weighted by atomic mass is 10.1. The molecule has 0 aliphatic carbocycles. The van der Waals surface area contributed by atoms with Crippen molar-refractivity contribution in [2.24, 2.45) is 0 Å². The van der Waals surface area contributed by atoms with Crippen molar-refractivity contribution >= 4 is 17.5 Å². The first kappa shape index (κ1) is 14.4. The number of H-pyrrole nitrogens is 1. The van der Waals surface area contributed by atoms with E-state index in [0.717, 1.165) is 18.5 Å². The molecule has 1 aliphatic rings. The van der Waals surface area contributed by atoms with Crippen molar-refractivity contribution in [3.63, 3.8) is 0 Å². The first-order valence-electron chi connectivity index (χ1n) is 7.01. The van der Waals surface area contributed by atoms with Gasteiger partial charge >= 0.3 is 0 Å². The van der Waals surface area contributed by atoms with Crippen molar-refractivity contribution in [3.8, 4) is 0 Å². The van der Waals surface area contributed by atoms with Crippen molar-refractivity contribution in [2.75, 3.05) is 18.8 Å². The Morgan fingerprint density at radius 2 is 2.25 bits per heavy atom. The van der Waals surface area contributed by atoms with E-state index in [2.05, 4.69) is 15.5 Å². The molecule has 1 unspecified atom stereocenters. The topological polar surface area (TPSA) is 104 Å². The van der Waals surface area contributed by atoms with E-state index in [0.29, 0.717) is 25.2 Å². The predicted octanol–water partition coefficient (Wildman–Crippen LogP) is 0.295. The number of nitrogens with one attached hydrogen (secondary N) is 2. The van der Waals surface area contributed by atoms with Gasteiger partial charge in [-0.05, 0) is 12.8 Å². The zero-order chi connectivity index (χ0) is 14.7. The number of rotatable bonds is 4. The Morgan fingerprint density at radius 3 is 2.90 bits per heavy atom. The van der Waals surface area contributed by atoms with E-state index < -0.39 is 6.04 Å². The highest BCUT2D eigenvalue weighted by Crippen LogP contribution is 2.20. The average Bonchev–Trinajstić information content (AvgIpc) is 2.80. The lowest BCUT2D eigenvalue weighted by Gasteiger charge is -2.34. The Kier molecular flexibility index (Phi) is 4.26. The zero-order valence-corrected chi connectivity index (χ0v) is 11.9. The molecule has 1 aromatic rings. The van der Waals surface area contributed by atoms with Crippen molar-refractivity contribution in [3.05, 3.63) is 11.4 Å². The van der Waals surface area contributed by atoms with Crippen LogP contribution in [0.15, 0.2) is 0 Å². The molecular weight excluding hydrogens is 258 g/mol. The number of anilines is 1. The number of hydrogen-bond donors (Lipinski definition) is 3. The van der Waals surface area contributed by atoms with Crippen LogP contribution >= 0.6 is 0 Å². The Labute approximate surface area is 117 Å². The van der Waals surface area contributed by atoms with Crippen molar-refractivity contribution in [1.29, 1.82) is 0 Å². The largest absolute Gasteiger partial charge is 0.395 e. The first-order valence-corrected chi connectivity index (χ1v) is 7.01. The Morgan fingerprint density at radius 1 is 1.50 bits per heavy atom. The Hall–Kier alpha value is -2.05. The number of carbonyl (C=O) groups is 2. The van der Waals surface area contributed by atoms with E-state index >= 15 is 0 Å². The molecule has 4 N–H and O–H groups in total. The molecule has 0 bridgehead atoms. The Balaban J connectivity index is 2.23. The van der Waals surface area contributed by atoms with Gasteiger partial charge in [-0.1, -0.05) is 20.3 Å². The van der Waals surface area contributed by atoms with Gasteiger partial charge in [-0.3, -0.25) is 14.7 Å². The number of nitrogen functional groups attached to an aromatic ring is 1. The van der Waals surface area contributed by atoms with Gasteiger partial charge in [0.2, 0.25) is 5.91 Å². The molecule has 1 aliphatic heterocycles. The molecule has 20 heavy (non-hydrogen) atoms. The molecule has 0 spiro atoms. The summed E-state index contributed by atoms with van der Waals surface area (Å²) in [5.74, 6) is -0.391. The smallest absolute Gasteiger partial charge is 0.277 e. The normalized spacial score (nSPS) is 19.0. The summed E-state index contributed by atoms with van der Waals surface area (Å²) >= 11 is 0. The van der Waals surface area contributed by atoms with E-state index in [9.17, 15) is 9.59 Å². The van der Waals surface area contributed by atoms with Crippen LogP contribution in [0.25, 0.3) is 0 Å². The first-order chi connectivity index (χ1) is 9.60. The van der Waals surface area contributed by atoms with Crippen LogP contribution in [0.5, 0.6) is 0 Å². The molecule has 1 saturated heterocycles. The fraction of sp³-hybridized carbons (Fsp3) is 0.615. The maximum atomic E-state index is 12.5. The second kappa shape index (κ2) is 5.94. The standard InChI is InChI=1S/C13H21N5O2/c1-3-5-8-10(14)11(17-16-8)13(20)18-7-6-15-12(19)9(18)4-2/h9H,3-7,14H2,1-2H3,(H,15,19)(H,16,17). The number of aromatic nitrogens is 2. The fourth-order valence-corrected chi connectivity index (χ4v) is 2.49. The number of hydrogen-bond acceptors (Lipinski definition) is 4. The van der Waals surface area contributed by atoms with Gasteiger partial charge in [-0.15, -0.1) is 0 Å². The summed E-state index contributed by atoms with van der Waals surface area (Å²) in [6, 6.07) is -0.443. The number of nitrogens with two attached hydrogens (primary N) is 1. The van der Waals surface area contributed by atoms with Gasteiger partial charge in [0.25, 0.3) is 5.91 Å². The van der Waals surface area contributed by atoms with Gasteiger partial charge in [0.1, 0.15) is 6.04 Å². The van der Waals surface area contributed by atoms with Gasteiger partial charge in [0, 0.05) is 13.1 Å². The number of aromatic amines is 1. The molecule has 2 heterocycles. The molecule has 0 saturated carbocycles. The van der Waals surface area contributed by atoms with Crippen molar-refractivity contribution in [1.82, 2.24) is 20.4 Å². The fourth-order valence-electron chi connectivity index (χ4n) is 2.49. The molecule has 110 valence electrons. The molecule has 1 atom stereocenters. The summed E-state index contributed by atoms with van der Waals surface area (Å²) in [6.07, 6.45) is 2.25. The van der Waals surface area contributed by atoms with Gasteiger partial charge < -0.3 is 16.0 Å². The SMILES string of the molecule is CCCc1[nH]nc(C(=O)N2CCNC(=O)C2CC)c1N. The van der Waals surface area contributed by atoms with E-state index in [-0.39, 0.29) is 17.5 Å². The lowest BCUT2D eigenvalue weighted by Crippen LogP contribution is -2.57. The summed E-state index contributed by atoms with van der Waals surface area (Å²) in [5, 5.41) is 9.61. The molecule has 1 fully saturated rings. The second-order valence-corrected chi connectivity index (χ2v) is 4.93. The summed E-state index contributed by atoms with van der Waals surface area (Å²) < 4.78 is 0. The van der Waals surface area contributed by atoms with Crippen LogP contribution in [0.4, 0.5) is 5.69 Å². The molecule has 0 radical (unpaired) electrons. The third-order valence-electron chi connectivity index (χ3n) is 3.56. The minimum Gasteiger partial charge on any atom is -0.395 e. The van der Waals surface area contributed by atoms with E-state index in [1.54, 1.807) is 4.90 Å². The molecule has 0 aromatic carbocycles. The van der Waals surface area contributed by atoms with Crippen LogP contribution in [0.3, 0.4) is 0 Å². The van der Waals surface area contributed by atoms with Crippen LogP contribution in [0.2, 0.25) is 0 Å². The van der Waals surface area contributed by atoms with Gasteiger partial charge in [0.15, 0.2) is 5.69 Å². The van der Waals surface area contributed by atoms with Crippen LogP contribution < -0.4 is 11.1 Å². The van der Waals surface area contributed by atoms with Crippen LogP contribution in [0, 0.1) is 0 Å². The van der Waals surface area contributed by atoms with E-state index in [1.807, 2.05) is 13.8 Å². The number of aryl methyl sites for hydroxylation is 1. The highest BCUT2D eigenvalue weighted by molar-refractivity contribution is 6.00. The van der Waals surface area contributed by atoms with Crippen LogP contribution in [0.1, 0.15) is 42.9 Å². The molecule has 2 rings (SSSR count). The maximum Gasteiger partial charge on any atom is 0.277 e. The highest BCUT2D eigenvalue weighted by Gasteiger charge is 2.34. The predicted molar refractivity (Wildman–Crippen MR) is 75.1 cm³/mol. The van der Waals surface area contributed by atoms with Gasteiger partial charge in [-0.25, -0.2) is 0 Å². The van der Waals surface area contributed by atoms with E-state index in [1.165, 1.54) is 0 Å². The van der Waals surface area contributed by atoms with Gasteiger partial charge in [-0.2, -0.15) is 5.10 Å². The maximum absolute atomic E-state index is 12.5. The number of piperazine rings is 1. The Bertz CT molecular complexity index is 511. The molecule has 2 amide bonds. The molecule has 7 nitrogen and oxygen atoms in total. The quantitative estimate of drug-likeness (QED) is 0.737. The monoisotopic (exact) mass is 279 g/mol. The number of amides is 2. The van der Waals surface area contributed by atoms with Crippen LogP contribution in [-0.4, -0.2) is 46.0 Å². The minimum absolute atomic E-state index is 0.116. The third kappa shape index (κ3) is 2.48. The van der Waals surface area contributed by atoms with Crippen LogP contribution in [-0.2, 0) is 11.2 Å². The second-order valence-electron chi connectivity index (χ2n) is 4.93. The van der Waals surface area contributed by atoms with Crippen molar-refractivity contribution < 1.29 is 9.59 Å². The molecule has 7 heteroatoms. The third-order valence-corrected chi connectivity index (χ3v) is 3.56. The summed E-state index contributed by atoms with van der Waals surface area (Å²) in [5.41, 5.74) is 7.38. The summed E-state index contributed by atoms with van der Waals surface area (Å²) in [4.78, 5) is 25.9. The molecule has 1 aromatic heterocycles. The highest BCUT2D eigenvalue weighted by atomic mass is 16.2. The zero-order valence-electron chi connectivity index (χ0n) is 11.9. The summed E-state index contributed by atoms with van der Waals surface area (Å²) in [6.45, 7) is 4.86. The number of nitrogens with zero attached hydrogens (tertiary/aromatic N) is 2.